The van der Waals surface area contributed by atoms with Crippen LogP contribution in [0.15, 0.2) is 47.1 Å². The van der Waals surface area contributed by atoms with Gasteiger partial charge in [-0.2, -0.15) is 0 Å². The van der Waals surface area contributed by atoms with Crippen LogP contribution in [0.2, 0.25) is 0 Å². The Morgan fingerprint density at radius 3 is 2.42 bits per heavy atom. The first-order valence-electron chi connectivity index (χ1n) is 7.18. The minimum atomic E-state index is -0.989. The molecule has 0 unspecified atom stereocenters. The smallest absolute Gasteiger partial charge is 0.327 e. The molecule has 126 valence electrons. The summed E-state index contributed by atoms with van der Waals surface area (Å²) in [5.41, 5.74) is 4.94. The monoisotopic (exact) mass is 333 g/mol. The van der Waals surface area contributed by atoms with Crippen molar-refractivity contribution in [2.24, 2.45) is 0 Å². The van der Waals surface area contributed by atoms with E-state index in [1.54, 1.807) is 24.3 Å². The number of benzene rings is 1. The fourth-order valence-corrected chi connectivity index (χ4v) is 1.82. The number of carbonyl (C=O) groups is 3. The Morgan fingerprint density at radius 1 is 1.00 bits per heavy atom. The standard InChI is InChI=1S/C16H16FN3O4/c17-12-6-3-11(4-7-12)5-8-14(21)19-20-16(23)15(22)18-10-13-2-1-9-24-13/h1-4,6-7,9H,5,8,10H2,(H,18,22)(H,19,21)(H,20,23). The average molecular weight is 333 g/mol. The summed E-state index contributed by atoms with van der Waals surface area (Å²) in [5, 5.41) is 2.34. The Kier molecular flexibility index (Phi) is 6.07. The molecule has 2 rings (SSSR count). The van der Waals surface area contributed by atoms with Crippen molar-refractivity contribution in [1.29, 1.82) is 0 Å². The summed E-state index contributed by atoms with van der Waals surface area (Å²) in [7, 11) is 0. The summed E-state index contributed by atoms with van der Waals surface area (Å²) in [5.74, 6) is -2.20. The second-order valence-electron chi connectivity index (χ2n) is 4.89. The number of aryl methyl sites for hydroxylation is 1. The van der Waals surface area contributed by atoms with E-state index >= 15 is 0 Å². The second-order valence-corrected chi connectivity index (χ2v) is 4.89. The van der Waals surface area contributed by atoms with Crippen LogP contribution < -0.4 is 16.2 Å². The van der Waals surface area contributed by atoms with E-state index in [0.29, 0.717) is 12.2 Å². The van der Waals surface area contributed by atoms with Gasteiger partial charge in [0.05, 0.1) is 12.8 Å². The Morgan fingerprint density at radius 2 is 1.75 bits per heavy atom. The maximum absolute atomic E-state index is 12.8. The van der Waals surface area contributed by atoms with Gasteiger partial charge in [-0.15, -0.1) is 0 Å². The minimum Gasteiger partial charge on any atom is -0.467 e. The van der Waals surface area contributed by atoms with E-state index in [9.17, 15) is 18.8 Å². The zero-order valence-corrected chi connectivity index (χ0v) is 12.7. The molecule has 0 aliphatic carbocycles. The largest absolute Gasteiger partial charge is 0.467 e. The topological polar surface area (TPSA) is 100 Å². The fourth-order valence-electron chi connectivity index (χ4n) is 1.82. The highest BCUT2D eigenvalue weighted by atomic mass is 19.1. The normalized spacial score (nSPS) is 10.0. The molecule has 0 saturated heterocycles. The summed E-state index contributed by atoms with van der Waals surface area (Å²) in [6.07, 6.45) is 1.91. The van der Waals surface area contributed by atoms with Gasteiger partial charge in [0.15, 0.2) is 0 Å². The molecule has 1 heterocycles. The Balaban J connectivity index is 1.65. The molecule has 3 amide bonds. The molecular weight excluding hydrogens is 317 g/mol. The summed E-state index contributed by atoms with van der Waals surface area (Å²) < 4.78 is 17.8. The lowest BCUT2D eigenvalue weighted by molar-refractivity contribution is -0.141. The van der Waals surface area contributed by atoms with Gasteiger partial charge in [-0.1, -0.05) is 12.1 Å². The Hall–Kier alpha value is -3.16. The molecule has 3 N–H and O–H groups in total. The molecule has 1 aromatic carbocycles. The molecule has 2 aromatic rings. The molecule has 0 aliphatic rings. The molecule has 0 fully saturated rings. The molecule has 7 nitrogen and oxygen atoms in total. The van der Waals surface area contributed by atoms with Gasteiger partial charge < -0.3 is 9.73 Å². The van der Waals surface area contributed by atoms with E-state index in [2.05, 4.69) is 10.7 Å². The van der Waals surface area contributed by atoms with Crippen molar-refractivity contribution in [3.8, 4) is 0 Å². The predicted molar refractivity (Wildman–Crippen MR) is 81.6 cm³/mol. The average Bonchev–Trinajstić information content (AvgIpc) is 3.10. The van der Waals surface area contributed by atoms with Crippen LogP contribution in [0.3, 0.4) is 0 Å². The molecule has 0 spiro atoms. The lowest BCUT2D eigenvalue weighted by Crippen LogP contribution is -2.48. The Labute approximate surface area is 137 Å². The summed E-state index contributed by atoms with van der Waals surface area (Å²) in [4.78, 5) is 34.6. The molecule has 24 heavy (non-hydrogen) atoms. The van der Waals surface area contributed by atoms with E-state index < -0.39 is 17.7 Å². The van der Waals surface area contributed by atoms with E-state index in [-0.39, 0.29) is 18.8 Å². The molecule has 0 atom stereocenters. The third kappa shape index (κ3) is 5.56. The quantitative estimate of drug-likeness (QED) is 0.557. The highest BCUT2D eigenvalue weighted by Gasteiger charge is 2.14. The molecule has 8 heteroatoms. The van der Waals surface area contributed by atoms with Gasteiger partial charge >= 0.3 is 11.8 Å². The highest BCUT2D eigenvalue weighted by molar-refractivity contribution is 6.35. The van der Waals surface area contributed by atoms with Crippen molar-refractivity contribution in [3.63, 3.8) is 0 Å². The summed E-state index contributed by atoms with van der Waals surface area (Å²) in [6, 6.07) is 9.06. The van der Waals surface area contributed by atoms with Crippen molar-refractivity contribution in [3.05, 3.63) is 59.8 Å². The minimum absolute atomic E-state index is 0.0672. The lowest BCUT2D eigenvalue weighted by Gasteiger charge is -2.07. The van der Waals surface area contributed by atoms with Crippen molar-refractivity contribution >= 4 is 17.7 Å². The number of rotatable bonds is 5. The third-order valence-electron chi connectivity index (χ3n) is 3.08. The van der Waals surface area contributed by atoms with Gasteiger partial charge in [0.1, 0.15) is 11.6 Å². The maximum atomic E-state index is 12.8. The number of amides is 3. The van der Waals surface area contributed by atoms with Crippen LogP contribution >= 0.6 is 0 Å². The van der Waals surface area contributed by atoms with E-state index in [1.807, 2.05) is 5.43 Å². The SMILES string of the molecule is O=C(CCc1ccc(F)cc1)NNC(=O)C(=O)NCc1ccco1. The van der Waals surface area contributed by atoms with E-state index in [1.165, 1.54) is 18.4 Å². The first-order chi connectivity index (χ1) is 11.5. The number of carbonyl (C=O) groups excluding carboxylic acids is 3. The zero-order valence-electron chi connectivity index (χ0n) is 12.7. The fraction of sp³-hybridized carbons (Fsp3) is 0.188. The van der Waals surface area contributed by atoms with E-state index in [0.717, 1.165) is 5.56 Å². The number of hydrogen-bond donors (Lipinski definition) is 3. The summed E-state index contributed by atoms with van der Waals surface area (Å²) in [6.45, 7) is 0.0672. The van der Waals surface area contributed by atoms with Crippen molar-refractivity contribution in [1.82, 2.24) is 16.2 Å². The summed E-state index contributed by atoms with van der Waals surface area (Å²) >= 11 is 0. The first-order valence-corrected chi connectivity index (χ1v) is 7.18. The number of furan rings is 1. The number of hydrogen-bond acceptors (Lipinski definition) is 4. The van der Waals surface area contributed by atoms with Crippen LogP contribution in [-0.2, 0) is 27.3 Å². The number of hydrazine groups is 1. The highest BCUT2D eigenvalue weighted by Crippen LogP contribution is 2.05. The first kappa shape index (κ1) is 17.2. The van der Waals surface area contributed by atoms with Crippen LogP contribution in [0.5, 0.6) is 0 Å². The third-order valence-corrected chi connectivity index (χ3v) is 3.08. The van der Waals surface area contributed by atoms with Gasteiger partial charge in [0.2, 0.25) is 5.91 Å². The van der Waals surface area contributed by atoms with Gasteiger partial charge in [0, 0.05) is 6.42 Å². The van der Waals surface area contributed by atoms with Crippen molar-refractivity contribution < 1.29 is 23.2 Å². The van der Waals surface area contributed by atoms with Gasteiger partial charge in [0.25, 0.3) is 0 Å². The Bertz CT molecular complexity index is 699. The van der Waals surface area contributed by atoms with Crippen LogP contribution in [0.4, 0.5) is 4.39 Å². The van der Waals surface area contributed by atoms with Crippen LogP contribution in [0, 0.1) is 5.82 Å². The molecule has 0 radical (unpaired) electrons. The predicted octanol–water partition coefficient (Wildman–Crippen LogP) is 0.815. The lowest BCUT2D eigenvalue weighted by atomic mass is 10.1. The van der Waals surface area contributed by atoms with Crippen LogP contribution in [-0.4, -0.2) is 17.7 Å². The van der Waals surface area contributed by atoms with E-state index in [4.69, 9.17) is 4.42 Å². The van der Waals surface area contributed by atoms with Gasteiger partial charge in [-0.05, 0) is 36.2 Å². The molecule has 0 aliphatic heterocycles. The molecule has 0 saturated carbocycles. The van der Waals surface area contributed by atoms with Gasteiger partial charge in [-0.25, -0.2) is 4.39 Å². The number of nitrogens with one attached hydrogen (secondary N) is 3. The number of halogens is 1. The van der Waals surface area contributed by atoms with Crippen LogP contribution in [0.25, 0.3) is 0 Å². The van der Waals surface area contributed by atoms with Crippen LogP contribution in [0.1, 0.15) is 17.7 Å². The molecule has 1 aromatic heterocycles. The maximum Gasteiger partial charge on any atom is 0.327 e. The van der Waals surface area contributed by atoms with Gasteiger partial charge in [-0.3, -0.25) is 25.2 Å². The van der Waals surface area contributed by atoms with Crippen molar-refractivity contribution in [2.75, 3.05) is 0 Å². The second kappa shape index (κ2) is 8.47. The van der Waals surface area contributed by atoms with Crippen molar-refractivity contribution in [2.45, 2.75) is 19.4 Å². The zero-order chi connectivity index (χ0) is 17.4. The molecular formula is C16H16FN3O4. The molecule has 0 bridgehead atoms.